The van der Waals surface area contributed by atoms with Gasteiger partial charge in [0.2, 0.25) is 5.91 Å². The first kappa shape index (κ1) is 16.6. The van der Waals surface area contributed by atoms with Crippen molar-refractivity contribution in [2.75, 3.05) is 52.9 Å². The predicted molar refractivity (Wildman–Crippen MR) is 92.4 cm³/mol. The SMILES string of the molecule is CCNC(=NCC1CCN(C)C1)N1CCCC2(CNC(=O)C2)C1. The van der Waals surface area contributed by atoms with E-state index in [2.05, 4.69) is 34.4 Å². The summed E-state index contributed by atoms with van der Waals surface area (Å²) in [6.07, 6.45) is 4.22. The molecule has 0 bridgehead atoms. The molecule has 2 atom stereocenters. The quantitative estimate of drug-likeness (QED) is 0.587. The van der Waals surface area contributed by atoms with E-state index in [1.807, 2.05) is 0 Å². The summed E-state index contributed by atoms with van der Waals surface area (Å²) in [7, 11) is 2.19. The van der Waals surface area contributed by atoms with Crippen LogP contribution in [0.2, 0.25) is 0 Å². The Hall–Kier alpha value is -1.30. The Labute approximate surface area is 139 Å². The van der Waals surface area contributed by atoms with Crippen LogP contribution in [-0.2, 0) is 4.79 Å². The molecule has 1 amide bonds. The Balaban J connectivity index is 1.63. The molecule has 0 aromatic carbocycles. The number of guanidine groups is 1. The predicted octanol–water partition coefficient (Wildman–Crippen LogP) is 0.506. The summed E-state index contributed by atoms with van der Waals surface area (Å²) in [5, 5.41) is 6.48. The lowest BCUT2D eigenvalue weighted by molar-refractivity contribution is -0.119. The van der Waals surface area contributed by atoms with E-state index in [-0.39, 0.29) is 11.3 Å². The molecule has 0 saturated carbocycles. The van der Waals surface area contributed by atoms with Crippen LogP contribution in [0.4, 0.5) is 0 Å². The smallest absolute Gasteiger partial charge is 0.220 e. The van der Waals surface area contributed by atoms with Gasteiger partial charge in [-0.1, -0.05) is 0 Å². The van der Waals surface area contributed by atoms with Gasteiger partial charge in [0.1, 0.15) is 0 Å². The van der Waals surface area contributed by atoms with Gasteiger partial charge in [0.25, 0.3) is 0 Å². The van der Waals surface area contributed by atoms with Gasteiger partial charge >= 0.3 is 0 Å². The van der Waals surface area contributed by atoms with Crippen molar-refractivity contribution >= 4 is 11.9 Å². The lowest BCUT2D eigenvalue weighted by atomic mass is 9.79. The molecule has 1 spiro atoms. The third-order valence-electron chi connectivity index (χ3n) is 5.48. The van der Waals surface area contributed by atoms with Crippen molar-refractivity contribution in [2.45, 2.75) is 32.6 Å². The Morgan fingerprint density at radius 1 is 1.48 bits per heavy atom. The Kier molecular flexibility index (Phi) is 5.09. The lowest BCUT2D eigenvalue weighted by Crippen LogP contribution is -2.51. The maximum absolute atomic E-state index is 11.7. The summed E-state index contributed by atoms with van der Waals surface area (Å²) in [5.41, 5.74) is 0.124. The number of likely N-dealkylation sites (tertiary alicyclic amines) is 2. The number of aliphatic imine (C=N–C) groups is 1. The van der Waals surface area contributed by atoms with Crippen LogP contribution in [0.15, 0.2) is 4.99 Å². The third kappa shape index (κ3) is 3.97. The minimum absolute atomic E-state index is 0.124. The highest BCUT2D eigenvalue weighted by Gasteiger charge is 2.42. The molecule has 6 nitrogen and oxygen atoms in total. The van der Waals surface area contributed by atoms with Gasteiger partial charge in [-0.3, -0.25) is 9.79 Å². The average Bonchev–Trinajstić information content (AvgIpc) is 3.10. The van der Waals surface area contributed by atoms with Gasteiger partial charge in [-0.2, -0.15) is 0 Å². The van der Waals surface area contributed by atoms with Gasteiger partial charge in [0.05, 0.1) is 0 Å². The standard InChI is InChI=1S/C17H31N5O/c1-3-18-16(19-10-14-5-8-21(2)11-14)22-7-4-6-17(13-22)9-15(23)20-12-17/h14H,3-13H2,1-2H3,(H,18,19)(H,20,23). The summed E-state index contributed by atoms with van der Waals surface area (Å²) in [6.45, 7) is 9.10. The lowest BCUT2D eigenvalue weighted by Gasteiger charge is -2.40. The largest absolute Gasteiger partial charge is 0.357 e. The molecule has 0 radical (unpaired) electrons. The van der Waals surface area contributed by atoms with E-state index in [0.29, 0.717) is 12.3 Å². The number of hydrogen-bond acceptors (Lipinski definition) is 3. The zero-order valence-electron chi connectivity index (χ0n) is 14.6. The number of nitrogens with zero attached hydrogens (tertiary/aromatic N) is 3. The molecular formula is C17H31N5O. The summed E-state index contributed by atoms with van der Waals surface area (Å²) in [6, 6.07) is 0. The first-order valence-electron chi connectivity index (χ1n) is 9.09. The van der Waals surface area contributed by atoms with E-state index in [1.165, 1.54) is 13.0 Å². The van der Waals surface area contributed by atoms with Gasteiger partial charge in [-0.05, 0) is 45.7 Å². The van der Waals surface area contributed by atoms with Gasteiger partial charge in [-0.15, -0.1) is 0 Å². The molecule has 3 aliphatic heterocycles. The van der Waals surface area contributed by atoms with Gasteiger partial charge in [0.15, 0.2) is 5.96 Å². The van der Waals surface area contributed by atoms with Crippen LogP contribution in [0.25, 0.3) is 0 Å². The molecule has 0 aromatic rings. The summed E-state index contributed by atoms with van der Waals surface area (Å²) < 4.78 is 0. The van der Waals surface area contributed by atoms with Crippen LogP contribution in [0, 0.1) is 11.3 Å². The summed E-state index contributed by atoms with van der Waals surface area (Å²) >= 11 is 0. The zero-order chi connectivity index (χ0) is 16.3. The molecule has 6 heteroatoms. The Bertz CT molecular complexity index is 466. The molecular weight excluding hydrogens is 290 g/mol. The second-order valence-electron chi connectivity index (χ2n) is 7.59. The monoisotopic (exact) mass is 321 g/mol. The van der Waals surface area contributed by atoms with Crippen LogP contribution in [0.1, 0.15) is 32.6 Å². The number of nitrogens with one attached hydrogen (secondary N) is 2. The van der Waals surface area contributed by atoms with Crippen molar-refractivity contribution < 1.29 is 4.79 Å². The van der Waals surface area contributed by atoms with Gasteiger partial charge < -0.3 is 20.4 Å². The number of carbonyl (C=O) groups is 1. The highest BCUT2D eigenvalue weighted by Crippen LogP contribution is 2.36. The van der Waals surface area contributed by atoms with Gasteiger partial charge in [-0.25, -0.2) is 0 Å². The van der Waals surface area contributed by atoms with Crippen molar-refractivity contribution in [2.24, 2.45) is 16.3 Å². The molecule has 3 rings (SSSR count). The molecule has 0 aromatic heterocycles. The summed E-state index contributed by atoms with van der Waals surface area (Å²) in [5.74, 6) is 1.94. The number of rotatable bonds is 3. The molecule has 23 heavy (non-hydrogen) atoms. The van der Waals surface area contributed by atoms with Crippen LogP contribution in [0.3, 0.4) is 0 Å². The molecule has 3 aliphatic rings. The van der Waals surface area contributed by atoms with Crippen molar-refractivity contribution in [1.82, 2.24) is 20.4 Å². The second-order valence-corrected chi connectivity index (χ2v) is 7.59. The fourth-order valence-corrected chi connectivity index (χ4v) is 4.25. The molecule has 0 aliphatic carbocycles. The van der Waals surface area contributed by atoms with E-state index < -0.39 is 0 Å². The van der Waals surface area contributed by atoms with E-state index in [9.17, 15) is 4.79 Å². The molecule has 2 N–H and O–H groups in total. The molecule has 2 unspecified atom stereocenters. The minimum Gasteiger partial charge on any atom is -0.357 e. The number of amides is 1. The van der Waals surface area contributed by atoms with Crippen molar-refractivity contribution in [3.05, 3.63) is 0 Å². The normalized spacial score (nSPS) is 32.6. The first-order chi connectivity index (χ1) is 11.1. The van der Waals surface area contributed by atoms with Gasteiger partial charge in [0, 0.05) is 51.1 Å². The van der Waals surface area contributed by atoms with Crippen LogP contribution < -0.4 is 10.6 Å². The van der Waals surface area contributed by atoms with E-state index in [0.717, 1.165) is 58.1 Å². The third-order valence-corrected chi connectivity index (χ3v) is 5.48. The second kappa shape index (κ2) is 7.07. The zero-order valence-corrected chi connectivity index (χ0v) is 14.6. The Morgan fingerprint density at radius 3 is 3.00 bits per heavy atom. The molecule has 3 heterocycles. The average molecular weight is 321 g/mol. The van der Waals surface area contributed by atoms with Crippen LogP contribution >= 0.6 is 0 Å². The topological polar surface area (TPSA) is 60.0 Å². The molecule has 3 saturated heterocycles. The van der Waals surface area contributed by atoms with E-state index >= 15 is 0 Å². The van der Waals surface area contributed by atoms with Crippen LogP contribution in [0.5, 0.6) is 0 Å². The van der Waals surface area contributed by atoms with E-state index in [1.54, 1.807) is 0 Å². The van der Waals surface area contributed by atoms with E-state index in [4.69, 9.17) is 4.99 Å². The fraction of sp³-hybridized carbons (Fsp3) is 0.882. The van der Waals surface area contributed by atoms with Crippen molar-refractivity contribution in [3.8, 4) is 0 Å². The molecule has 3 fully saturated rings. The summed E-state index contributed by atoms with van der Waals surface area (Å²) in [4.78, 5) is 21.4. The Morgan fingerprint density at radius 2 is 2.35 bits per heavy atom. The highest BCUT2D eigenvalue weighted by molar-refractivity contribution is 5.81. The number of piperidine rings is 1. The number of carbonyl (C=O) groups excluding carboxylic acids is 1. The highest BCUT2D eigenvalue weighted by atomic mass is 16.1. The molecule has 130 valence electrons. The minimum atomic E-state index is 0.124. The maximum atomic E-state index is 11.7. The first-order valence-corrected chi connectivity index (χ1v) is 9.09. The van der Waals surface area contributed by atoms with Crippen molar-refractivity contribution in [1.29, 1.82) is 0 Å². The maximum Gasteiger partial charge on any atom is 0.220 e. The fourth-order valence-electron chi connectivity index (χ4n) is 4.25. The number of hydrogen-bond donors (Lipinski definition) is 2. The van der Waals surface area contributed by atoms with Crippen molar-refractivity contribution in [3.63, 3.8) is 0 Å². The van der Waals surface area contributed by atoms with Crippen LogP contribution in [-0.4, -0.2) is 74.5 Å².